The Bertz CT molecular complexity index is 648. The minimum Gasteiger partial charge on any atom is -0.400 e. The Hall–Kier alpha value is -0.905. The summed E-state index contributed by atoms with van der Waals surface area (Å²) in [6.07, 6.45) is 0. The molecule has 1 aliphatic heterocycles. The molecule has 0 aliphatic carbocycles. The third-order valence-electron chi connectivity index (χ3n) is 4.96. The molecular weight excluding hydrogens is 350 g/mol. The minimum absolute atomic E-state index is 0.275. The monoisotopic (exact) mass is 380 g/mol. The summed E-state index contributed by atoms with van der Waals surface area (Å²) < 4.78 is 37.1. The van der Waals surface area contributed by atoms with Gasteiger partial charge in [-0.1, -0.05) is 30.3 Å². The van der Waals surface area contributed by atoms with Crippen LogP contribution in [0.3, 0.4) is 0 Å². The summed E-state index contributed by atoms with van der Waals surface area (Å²) in [6, 6.07) is 9.48. The van der Waals surface area contributed by atoms with E-state index in [4.69, 9.17) is 18.4 Å². The van der Waals surface area contributed by atoms with Crippen LogP contribution >= 0.6 is 7.60 Å². The molecule has 7 heteroatoms. The molecule has 144 valence electrons. The van der Waals surface area contributed by atoms with E-state index in [1.165, 1.54) is 0 Å². The smallest absolute Gasteiger partial charge is 0.400 e. The van der Waals surface area contributed by atoms with E-state index in [0.717, 1.165) is 5.56 Å². The predicted octanol–water partition coefficient (Wildman–Crippen LogP) is 5.18. The summed E-state index contributed by atoms with van der Waals surface area (Å²) in [6.45, 7) is 16.2. The quantitative estimate of drug-likeness (QED) is 0.459. The van der Waals surface area contributed by atoms with Gasteiger partial charge in [0.15, 0.2) is 0 Å². The van der Waals surface area contributed by atoms with Crippen LogP contribution in [-0.4, -0.2) is 31.5 Å². The zero-order chi connectivity index (χ0) is 19.6. The second-order valence-electron chi connectivity index (χ2n) is 7.35. The van der Waals surface area contributed by atoms with Crippen LogP contribution in [-0.2, 0) is 22.9 Å². The second-order valence-corrected chi connectivity index (χ2v) is 9.46. The highest BCUT2D eigenvalue weighted by Gasteiger charge is 2.55. The van der Waals surface area contributed by atoms with Gasteiger partial charge < -0.3 is 18.4 Å². The summed E-state index contributed by atoms with van der Waals surface area (Å²) in [7, 11) is -4.20. The predicted molar refractivity (Wildman–Crippen MR) is 105 cm³/mol. The van der Waals surface area contributed by atoms with Crippen molar-refractivity contribution in [3.05, 3.63) is 47.9 Å². The van der Waals surface area contributed by atoms with E-state index in [0.29, 0.717) is 5.47 Å². The van der Waals surface area contributed by atoms with Crippen LogP contribution in [0.15, 0.2) is 42.4 Å². The van der Waals surface area contributed by atoms with Gasteiger partial charge in [0.2, 0.25) is 0 Å². The van der Waals surface area contributed by atoms with Crippen LogP contribution in [0.5, 0.6) is 0 Å². The average Bonchev–Trinajstić information content (AvgIpc) is 2.77. The maximum Gasteiger partial charge on any atom is 0.491 e. The molecule has 1 atom stereocenters. The zero-order valence-corrected chi connectivity index (χ0v) is 17.5. The molecule has 0 saturated carbocycles. The van der Waals surface area contributed by atoms with Crippen molar-refractivity contribution in [3.8, 4) is 0 Å². The first-order valence-electron chi connectivity index (χ1n) is 9.06. The molecule has 1 aromatic rings. The molecule has 1 aliphatic rings. The van der Waals surface area contributed by atoms with E-state index in [1.807, 2.05) is 58.0 Å². The fourth-order valence-corrected chi connectivity index (χ4v) is 5.06. The Balaban J connectivity index is 2.45. The van der Waals surface area contributed by atoms with E-state index in [-0.39, 0.29) is 13.2 Å². The lowest BCUT2D eigenvalue weighted by Crippen LogP contribution is -2.41. The summed E-state index contributed by atoms with van der Waals surface area (Å²) in [5.41, 5.74) is -0.345. The van der Waals surface area contributed by atoms with Crippen LogP contribution in [0.2, 0.25) is 0 Å². The van der Waals surface area contributed by atoms with Crippen LogP contribution in [0, 0.1) is 0 Å². The van der Waals surface area contributed by atoms with E-state index >= 15 is 0 Å². The molecule has 26 heavy (non-hydrogen) atoms. The SMILES string of the molecule is C=C(B1OC(C)(C)C(C)(C)O1)C(c1ccccc1)P(=O)(OCC)OCC. The number of benzene rings is 1. The van der Waals surface area contributed by atoms with Gasteiger partial charge in [0.05, 0.1) is 24.4 Å². The van der Waals surface area contributed by atoms with Crippen molar-refractivity contribution in [2.75, 3.05) is 13.2 Å². The van der Waals surface area contributed by atoms with Gasteiger partial charge in [-0.2, -0.15) is 0 Å². The summed E-state index contributed by atoms with van der Waals surface area (Å²) in [5, 5.41) is 0. The van der Waals surface area contributed by atoms with Crippen molar-refractivity contribution in [1.82, 2.24) is 0 Å². The van der Waals surface area contributed by atoms with Crippen LogP contribution in [0.4, 0.5) is 0 Å². The van der Waals surface area contributed by atoms with Crippen molar-refractivity contribution in [1.29, 1.82) is 0 Å². The normalized spacial score (nSPS) is 20.2. The van der Waals surface area contributed by atoms with E-state index < -0.39 is 31.6 Å². The Labute approximate surface area is 157 Å². The van der Waals surface area contributed by atoms with E-state index in [9.17, 15) is 4.57 Å². The lowest BCUT2D eigenvalue weighted by Gasteiger charge is -2.32. The first kappa shape index (κ1) is 21.4. The third kappa shape index (κ3) is 4.15. The highest BCUT2D eigenvalue weighted by Crippen LogP contribution is 2.64. The summed E-state index contributed by atoms with van der Waals surface area (Å²) in [4.78, 5) is 0. The highest BCUT2D eigenvalue weighted by atomic mass is 31.2. The Morgan fingerprint density at radius 2 is 1.54 bits per heavy atom. The molecule has 5 nitrogen and oxygen atoms in total. The third-order valence-corrected chi connectivity index (χ3v) is 7.46. The first-order valence-corrected chi connectivity index (χ1v) is 10.7. The van der Waals surface area contributed by atoms with Gasteiger partial charge in [-0.05, 0) is 52.6 Å². The number of hydrogen-bond acceptors (Lipinski definition) is 5. The second kappa shape index (κ2) is 7.99. The van der Waals surface area contributed by atoms with E-state index in [1.54, 1.807) is 13.8 Å². The van der Waals surface area contributed by atoms with Crippen molar-refractivity contribution in [3.63, 3.8) is 0 Å². The molecule has 2 rings (SSSR count). The lowest BCUT2D eigenvalue weighted by atomic mass is 9.75. The molecule has 1 fully saturated rings. The first-order chi connectivity index (χ1) is 12.1. The fraction of sp³-hybridized carbons (Fsp3) is 0.579. The number of rotatable bonds is 8. The molecule has 1 aromatic carbocycles. The van der Waals surface area contributed by atoms with Gasteiger partial charge in [0.25, 0.3) is 0 Å². The number of allylic oxidation sites excluding steroid dienone is 1. The molecule has 1 unspecified atom stereocenters. The standard InChI is InChI=1S/C19H30BO5P/c1-8-22-26(21,23-9-2)17(16-13-11-10-12-14-16)15(3)20-24-18(4,5)19(6,7)25-20/h10-14,17H,3,8-9H2,1-2,4-7H3. The van der Waals surface area contributed by atoms with Crippen molar-refractivity contribution in [2.24, 2.45) is 0 Å². The molecule has 0 N–H and O–H groups in total. The van der Waals surface area contributed by atoms with Crippen molar-refractivity contribution >= 4 is 14.7 Å². The van der Waals surface area contributed by atoms with Crippen LogP contribution in [0.1, 0.15) is 52.8 Å². The molecule has 1 saturated heterocycles. The topological polar surface area (TPSA) is 54.0 Å². The summed E-state index contributed by atoms with van der Waals surface area (Å²) >= 11 is 0. The van der Waals surface area contributed by atoms with Gasteiger partial charge >= 0.3 is 14.7 Å². The minimum atomic E-state index is -3.50. The fourth-order valence-electron chi connectivity index (χ4n) is 2.90. The largest absolute Gasteiger partial charge is 0.491 e. The van der Waals surface area contributed by atoms with Crippen molar-refractivity contribution < 1.29 is 22.9 Å². The highest BCUT2D eigenvalue weighted by molar-refractivity contribution is 7.54. The molecule has 0 bridgehead atoms. The van der Waals surface area contributed by atoms with Crippen LogP contribution < -0.4 is 0 Å². The lowest BCUT2D eigenvalue weighted by molar-refractivity contribution is 0.00578. The van der Waals surface area contributed by atoms with E-state index in [2.05, 4.69) is 6.58 Å². The molecule has 0 spiro atoms. The van der Waals surface area contributed by atoms with Crippen molar-refractivity contribution in [2.45, 2.75) is 58.4 Å². The molecular formula is C19H30BO5P. The van der Waals surface area contributed by atoms with Gasteiger partial charge in [-0.25, -0.2) is 0 Å². The zero-order valence-electron chi connectivity index (χ0n) is 16.7. The number of hydrogen-bond donors (Lipinski definition) is 0. The molecule has 0 aromatic heterocycles. The van der Waals surface area contributed by atoms with Gasteiger partial charge in [0.1, 0.15) is 5.66 Å². The summed E-state index contributed by atoms with van der Waals surface area (Å²) in [5.74, 6) is 0. The van der Waals surface area contributed by atoms with Crippen LogP contribution in [0.25, 0.3) is 0 Å². The molecule has 0 radical (unpaired) electrons. The van der Waals surface area contributed by atoms with Gasteiger partial charge in [-0.3, -0.25) is 4.57 Å². The molecule has 0 amide bonds. The average molecular weight is 380 g/mol. The maximum atomic E-state index is 13.6. The maximum absolute atomic E-state index is 13.6. The van der Waals surface area contributed by atoms with Gasteiger partial charge in [0, 0.05) is 0 Å². The Kier molecular flexibility index (Phi) is 6.58. The van der Waals surface area contributed by atoms with Gasteiger partial charge in [-0.15, -0.1) is 6.58 Å². The Morgan fingerprint density at radius 1 is 1.08 bits per heavy atom. The Morgan fingerprint density at radius 3 is 1.96 bits per heavy atom. The molecule has 1 heterocycles.